The van der Waals surface area contributed by atoms with E-state index in [1.165, 1.54) is 0 Å². The average Bonchev–Trinajstić information content (AvgIpc) is 2.42. The molecule has 0 aliphatic carbocycles. The van der Waals surface area contributed by atoms with Crippen LogP contribution in [0.1, 0.15) is 6.92 Å². The van der Waals surface area contributed by atoms with Crippen LogP contribution in [0.4, 0.5) is 5.69 Å². The first kappa shape index (κ1) is 14.4. The van der Waals surface area contributed by atoms with Crippen molar-refractivity contribution in [1.29, 1.82) is 0 Å². The fourth-order valence-electron chi connectivity index (χ4n) is 2.11. The summed E-state index contributed by atoms with van der Waals surface area (Å²) in [5.41, 5.74) is 0.925. The zero-order valence-corrected chi connectivity index (χ0v) is 12.1. The average molecular weight is 279 g/mol. The lowest BCUT2D eigenvalue weighted by atomic mass is 10.3. The van der Waals surface area contributed by atoms with Crippen molar-refractivity contribution in [2.75, 3.05) is 43.8 Å². The van der Waals surface area contributed by atoms with E-state index in [1.807, 2.05) is 18.2 Å². The lowest BCUT2D eigenvalue weighted by molar-refractivity contribution is -0.117. The molecule has 0 unspecified atom stereocenters. The van der Waals surface area contributed by atoms with Crippen molar-refractivity contribution in [3.8, 4) is 0 Å². The van der Waals surface area contributed by atoms with E-state index in [9.17, 15) is 4.79 Å². The van der Waals surface area contributed by atoms with Crippen molar-refractivity contribution >= 4 is 23.4 Å². The third kappa shape index (κ3) is 4.53. The van der Waals surface area contributed by atoms with Crippen LogP contribution in [0.3, 0.4) is 0 Å². The molecule has 0 saturated carbocycles. The summed E-state index contributed by atoms with van der Waals surface area (Å²) >= 11 is 1.75. The summed E-state index contributed by atoms with van der Waals surface area (Å²) in [6, 6.07) is 7.98. The first-order valence-corrected chi connectivity index (χ1v) is 7.73. The maximum absolute atomic E-state index is 12.1. The van der Waals surface area contributed by atoms with Crippen LogP contribution in [0.5, 0.6) is 0 Å². The highest BCUT2D eigenvalue weighted by Crippen LogP contribution is 2.26. The van der Waals surface area contributed by atoms with Gasteiger partial charge in [-0.1, -0.05) is 19.1 Å². The van der Waals surface area contributed by atoms with E-state index < -0.39 is 0 Å². The van der Waals surface area contributed by atoms with Crippen molar-refractivity contribution in [3.05, 3.63) is 24.3 Å². The quantitative estimate of drug-likeness (QED) is 0.804. The zero-order valence-electron chi connectivity index (χ0n) is 11.3. The van der Waals surface area contributed by atoms with E-state index in [0.29, 0.717) is 6.54 Å². The molecule has 0 radical (unpaired) electrons. The van der Waals surface area contributed by atoms with Crippen molar-refractivity contribution in [1.82, 2.24) is 10.2 Å². The van der Waals surface area contributed by atoms with Gasteiger partial charge in [0.05, 0.1) is 12.2 Å². The van der Waals surface area contributed by atoms with Crippen LogP contribution in [0, 0.1) is 0 Å². The van der Waals surface area contributed by atoms with E-state index >= 15 is 0 Å². The Morgan fingerprint density at radius 1 is 1.37 bits per heavy atom. The second-order valence-corrected chi connectivity index (χ2v) is 5.81. The van der Waals surface area contributed by atoms with Gasteiger partial charge in [-0.25, -0.2) is 0 Å². The topological polar surface area (TPSA) is 44.4 Å². The van der Waals surface area contributed by atoms with Crippen molar-refractivity contribution in [3.63, 3.8) is 0 Å². The SMILES string of the molecule is CCSc1ccccc1NC(=O)CN1CCNCC1. The van der Waals surface area contributed by atoms with E-state index in [1.54, 1.807) is 11.8 Å². The number of carbonyl (C=O) groups is 1. The predicted octanol–water partition coefficient (Wildman–Crippen LogP) is 1.64. The van der Waals surface area contributed by atoms with Crippen LogP contribution in [-0.4, -0.2) is 49.3 Å². The molecule has 1 aliphatic rings. The molecule has 0 atom stereocenters. The van der Waals surface area contributed by atoms with Crippen LogP contribution in [-0.2, 0) is 4.79 Å². The molecule has 2 N–H and O–H groups in total. The van der Waals surface area contributed by atoms with Gasteiger partial charge in [-0.2, -0.15) is 0 Å². The number of benzene rings is 1. The third-order valence-corrected chi connectivity index (χ3v) is 3.99. The monoisotopic (exact) mass is 279 g/mol. The number of rotatable bonds is 5. The molecule has 0 spiro atoms. The third-order valence-electron chi connectivity index (χ3n) is 3.04. The first-order chi connectivity index (χ1) is 9.29. The fourth-order valence-corrected chi connectivity index (χ4v) is 2.87. The van der Waals surface area contributed by atoms with Gasteiger partial charge in [0.2, 0.25) is 5.91 Å². The highest BCUT2D eigenvalue weighted by atomic mass is 32.2. The molecular formula is C14H21N3OS. The zero-order chi connectivity index (χ0) is 13.5. The molecule has 1 heterocycles. The van der Waals surface area contributed by atoms with Gasteiger partial charge >= 0.3 is 0 Å². The molecular weight excluding hydrogens is 258 g/mol. The Morgan fingerprint density at radius 2 is 2.11 bits per heavy atom. The molecule has 19 heavy (non-hydrogen) atoms. The summed E-state index contributed by atoms with van der Waals surface area (Å²) in [7, 11) is 0. The maximum atomic E-state index is 12.1. The minimum absolute atomic E-state index is 0.0750. The number of hydrogen-bond acceptors (Lipinski definition) is 4. The lowest BCUT2D eigenvalue weighted by Crippen LogP contribution is -2.46. The molecule has 0 bridgehead atoms. The fraction of sp³-hybridized carbons (Fsp3) is 0.500. The summed E-state index contributed by atoms with van der Waals surface area (Å²) in [4.78, 5) is 15.4. The molecule has 1 aromatic carbocycles. The minimum Gasteiger partial charge on any atom is -0.324 e. The van der Waals surface area contributed by atoms with Gasteiger partial charge in [-0.15, -0.1) is 11.8 Å². The number of nitrogens with zero attached hydrogens (tertiary/aromatic N) is 1. The van der Waals surface area contributed by atoms with Crippen molar-refractivity contribution < 1.29 is 4.79 Å². The Balaban J connectivity index is 1.90. The summed E-state index contributed by atoms with van der Waals surface area (Å²) < 4.78 is 0. The van der Waals surface area contributed by atoms with Crippen LogP contribution < -0.4 is 10.6 Å². The van der Waals surface area contributed by atoms with E-state index in [2.05, 4.69) is 28.5 Å². The van der Waals surface area contributed by atoms with Crippen molar-refractivity contribution in [2.24, 2.45) is 0 Å². The number of piperazine rings is 1. The number of para-hydroxylation sites is 1. The molecule has 0 aromatic heterocycles. The molecule has 1 aliphatic heterocycles. The number of hydrogen-bond donors (Lipinski definition) is 2. The maximum Gasteiger partial charge on any atom is 0.238 e. The van der Waals surface area contributed by atoms with Crippen LogP contribution in [0.15, 0.2) is 29.2 Å². The van der Waals surface area contributed by atoms with Crippen LogP contribution in [0.25, 0.3) is 0 Å². The molecule has 1 saturated heterocycles. The molecule has 4 nitrogen and oxygen atoms in total. The highest BCUT2D eigenvalue weighted by Gasteiger charge is 2.14. The van der Waals surface area contributed by atoms with Gasteiger partial charge in [0, 0.05) is 31.1 Å². The Morgan fingerprint density at radius 3 is 2.84 bits per heavy atom. The second kappa shape index (κ2) is 7.53. The van der Waals surface area contributed by atoms with Gasteiger partial charge in [0.15, 0.2) is 0 Å². The molecule has 1 fully saturated rings. The van der Waals surface area contributed by atoms with Crippen molar-refractivity contribution in [2.45, 2.75) is 11.8 Å². The van der Waals surface area contributed by atoms with Gasteiger partial charge in [-0.05, 0) is 17.9 Å². The van der Waals surface area contributed by atoms with Crippen LogP contribution >= 0.6 is 11.8 Å². The minimum atomic E-state index is 0.0750. The molecule has 104 valence electrons. The molecule has 1 amide bonds. The van der Waals surface area contributed by atoms with Gasteiger partial charge in [-0.3, -0.25) is 9.69 Å². The van der Waals surface area contributed by atoms with E-state index in [4.69, 9.17) is 0 Å². The number of thioether (sulfide) groups is 1. The second-order valence-electron chi connectivity index (χ2n) is 4.50. The van der Waals surface area contributed by atoms with E-state index in [-0.39, 0.29) is 5.91 Å². The van der Waals surface area contributed by atoms with Gasteiger partial charge < -0.3 is 10.6 Å². The first-order valence-electron chi connectivity index (χ1n) is 6.74. The smallest absolute Gasteiger partial charge is 0.238 e. The summed E-state index contributed by atoms with van der Waals surface area (Å²) in [5, 5.41) is 6.31. The largest absolute Gasteiger partial charge is 0.324 e. The van der Waals surface area contributed by atoms with Gasteiger partial charge in [0.1, 0.15) is 0 Å². The number of carbonyl (C=O) groups excluding carboxylic acids is 1. The summed E-state index contributed by atoms with van der Waals surface area (Å²) in [6.07, 6.45) is 0. The number of anilines is 1. The number of nitrogens with one attached hydrogen (secondary N) is 2. The normalized spacial score (nSPS) is 16.3. The summed E-state index contributed by atoms with van der Waals surface area (Å²) in [5.74, 6) is 1.08. The molecule has 2 rings (SSSR count). The molecule has 1 aromatic rings. The Kier molecular flexibility index (Phi) is 5.69. The predicted molar refractivity (Wildman–Crippen MR) is 80.8 cm³/mol. The Labute approximate surface area is 118 Å². The number of amides is 1. The lowest BCUT2D eigenvalue weighted by Gasteiger charge is -2.26. The van der Waals surface area contributed by atoms with Crippen LogP contribution in [0.2, 0.25) is 0 Å². The highest BCUT2D eigenvalue weighted by molar-refractivity contribution is 7.99. The molecule has 5 heteroatoms. The standard InChI is InChI=1S/C14H21N3OS/c1-2-19-13-6-4-3-5-12(13)16-14(18)11-17-9-7-15-8-10-17/h3-6,15H,2,7-11H2,1H3,(H,16,18). The Bertz CT molecular complexity index is 419. The summed E-state index contributed by atoms with van der Waals surface area (Å²) in [6.45, 7) is 6.42. The van der Waals surface area contributed by atoms with E-state index in [0.717, 1.165) is 42.5 Å². The van der Waals surface area contributed by atoms with Gasteiger partial charge in [0.25, 0.3) is 0 Å². The Hall–Kier alpha value is -1.04.